The third kappa shape index (κ3) is 3.86. The lowest BCUT2D eigenvalue weighted by Gasteiger charge is -2.16. The number of hydrogen-bond acceptors (Lipinski definition) is 4. The molecule has 0 saturated heterocycles. The molecule has 0 aliphatic heterocycles. The van der Waals surface area contributed by atoms with E-state index in [2.05, 4.69) is 10.3 Å². The second-order valence-electron chi connectivity index (χ2n) is 4.48. The number of amides is 1. The molecule has 0 bridgehead atoms. The number of halogens is 1. The predicted octanol–water partition coefficient (Wildman–Crippen LogP) is 1.48. The van der Waals surface area contributed by atoms with Gasteiger partial charge in [0.1, 0.15) is 11.6 Å². The Bertz CT molecular complexity index is 749. The van der Waals surface area contributed by atoms with Crippen LogP contribution in [0.4, 0.5) is 10.2 Å². The summed E-state index contributed by atoms with van der Waals surface area (Å²) in [7, 11) is -2.58. The van der Waals surface area contributed by atoms with Crippen LogP contribution >= 0.6 is 0 Å². The molecule has 8 heteroatoms. The van der Waals surface area contributed by atoms with Crippen LogP contribution in [0.15, 0.2) is 53.6 Å². The largest absolute Gasteiger partial charge is 0.310 e. The van der Waals surface area contributed by atoms with Crippen molar-refractivity contribution in [2.24, 2.45) is 0 Å². The summed E-state index contributed by atoms with van der Waals surface area (Å²) in [5.74, 6) is -0.721. The van der Waals surface area contributed by atoms with Crippen LogP contribution in [0, 0.1) is 5.82 Å². The van der Waals surface area contributed by atoms with Gasteiger partial charge in [-0.1, -0.05) is 6.07 Å². The molecule has 0 saturated carbocycles. The highest BCUT2D eigenvalue weighted by Gasteiger charge is 2.23. The Balaban J connectivity index is 2.06. The maximum atomic E-state index is 12.8. The van der Waals surface area contributed by atoms with Gasteiger partial charge in [0.25, 0.3) is 0 Å². The molecule has 0 aliphatic carbocycles. The van der Waals surface area contributed by atoms with Gasteiger partial charge in [-0.25, -0.2) is 17.8 Å². The van der Waals surface area contributed by atoms with Crippen molar-refractivity contribution >= 4 is 21.7 Å². The lowest BCUT2D eigenvalue weighted by Crippen LogP contribution is -2.35. The minimum atomic E-state index is -3.86. The maximum absolute atomic E-state index is 12.8. The summed E-state index contributed by atoms with van der Waals surface area (Å²) in [6.45, 7) is -0.379. The van der Waals surface area contributed by atoms with E-state index in [9.17, 15) is 17.6 Å². The van der Waals surface area contributed by atoms with Crippen LogP contribution in [-0.4, -0.2) is 37.2 Å². The predicted molar refractivity (Wildman–Crippen MR) is 79.1 cm³/mol. The molecule has 1 heterocycles. The number of anilines is 1. The highest BCUT2D eigenvalue weighted by atomic mass is 32.2. The number of nitrogens with zero attached hydrogens (tertiary/aromatic N) is 2. The first kappa shape index (κ1) is 16.1. The smallest absolute Gasteiger partial charge is 0.243 e. The Morgan fingerprint density at radius 1 is 1.23 bits per heavy atom. The molecule has 116 valence electrons. The molecule has 1 amide bonds. The van der Waals surface area contributed by atoms with Crippen molar-refractivity contribution in [3.05, 3.63) is 54.5 Å². The number of carbonyl (C=O) groups excluding carboxylic acids is 1. The van der Waals surface area contributed by atoms with Crippen LogP contribution in [0.5, 0.6) is 0 Å². The van der Waals surface area contributed by atoms with Crippen LogP contribution in [-0.2, 0) is 14.8 Å². The van der Waals surface area contributed by atoms with Crippen LogP contribution in [0.2, 0.25) is 0 Å². The Labute approximate surface area is 127 Å². The molecule has 0 radical (unpaired) electrons. The average molecular weight is 323 g/mol. The molecule has 0 fully saturated rings. The van der Waals surface area contributed by atoms with Gasteiger partial charge in [-0.15, -0.1) is 0 Å². The fourth-order valence-corrected chi connectivity index (χ4v) is 2.82. The van der Waals surface area contributed by atoms with Crippen molar-refractivity contribution in [1.82, 2.24) is 9.29 Å². The summed E-state index contributed by atoms with van der Waals surface area (Å²) >= 11 is 0. The lowest BCUT2D eigenvalue weighted by atomic mass is 10.4. The third-order valence-corrected chi connectivity index (χ3v) is 4.64. The molecule has 2 aromatic rings. The molecule has 0 aliphatic rings. The van der Waals surface area contributed by atoms with Gasteiger partial charge >= 0.3 is 0 Å². The van der Waals surface area contributed by atoms with E-state index in [0.717, 1.165) is 28.6 Å². The molecular formula is C14H14FN3O3S. The van der Waals surface area contributed by atoms with Crippen LogP contribution in [0.3, 0.4) is 0 Å². The highest BCUT2D eigenvalue weighted by Crippen LogP contribution is 2.14. The molecule has 0 spiro atoms. The maximum Gasteiger partial charge on any atom is 0.243 e. The van der Waals surface area contributed by atoms with Gasteiger partial charge in [-0.3, -0.25) is 4.79 Å². The number of hydrogen-bond donors (Lipinski definition) is 1. The van der Waals surface area contributed by atoms with E-state index in [1.807, 2.05) is 0 Å². The highest BCUT2D eigenvalue weighted by molar-refractivity contribution is 7.89. The zero-order chi connectivity index (χ0) is 16.2. The van der Waals surface area contributed by atoms with Gasteiger partial charge in [-0.05, 0) is 36.4 Å². The van der Waals surface area contributed by atoms with Gasteiger partial charge < -0.3 is 5.32 Å². The first-order valence-electron chi connectivity index (χ1n) is 6.32. The van der Waals surface area contributed by atoms with Crippen molar-refractivity contribution in [3.8, 4) is 0 Å². The topological polar surface area (TPSA) is 79.4 Å². The number of sulfonamides is 1. The standard InChI is InChI=1S/C14H14FN3O3S/c1-18(10-14(19)17-13-4-2-3-9-16-13)22(20,21)12-7-5-11(15)6-8-12/h2-9H,10H2,1H3,(H,16,17,19). The third-order valence-electron chi connectivity index (χ3n) is 2.82. The second-order valence-corrected chi connectivity index (χ2v) is 6.52. The quantitative estimate of drug-likeness (QED) is 0.904. The summed E-state index contributed by atoms with van der Waals surface area (Å²) in [6.07, 6.45) is 1.51. The van der Waals surface area contributed by atoms with Crippen molar-refractivity contribution in [3.63, 3.8) is 0 Å². The number of carbonyl (C=O) groups is 1. The summed E-state index contributed by atoms with van der Waals surface area (Å²) < 4.78 is 38.2. The minimum Gasteiger partial charge on any atom is -0.310 e. The lowest BCUT2D eigenvalue weighted by molar-refractivity contribution is -0.116. The van der Waals surface area contributed by atoms with Crippen molar-refractivity contribution in [1.29, 1.82) is 0 Å². The van der Waals surface area contributed by atoms with E-state index in [1.165, 1.54) is 13.2 Å². The van der Waals surface area contributed by atoms with E-state index in [0.29, 0.717) is 5.82 Å². The fourth-order valence-electron chi connectivity index (χ4n) is 1.69. The molecule has 2 rings (SSSR count). The summed E-state index contributed by atoms with van der Waals surface area (Å²) in [5, 5.41) is 2.49. The van der Waals surface area contributed by atoms with Gasteiger partial charge in [0.15, 0.2) is 0 Å². The average Bonchev–Trinajstić information content (AvgIpc) is 2.48. The van der Waals surface area contributed by atoms with Crippen LogP contribution in [0.25, 0.3) is 0 Å². The zero-order valence-electron chi connectivity index (χ0n) is 11.7. The van der Waals surface area contributed by atoms with Crippen molar-refractivity contribution < 1.29 is 17.6 Å². The Morgan fingerprint density at radius 2 is 1.91 bits per heavy atom. The van der Waals surface area contributed by atoms with E-state index in [1.54, 1.807) is 18.2 Å². The molecule has 0 atom stereocenters. The Hall–Kier alpha value is -2.32. The van der Waals surface area contributed by atoms with Gasteiger partial charge in [0.2, 0.25) is 15.9 Å². The van der Waals surface area contributed by atoms with Crippen LogP contribution in [0.1, 0.15) is 0 Å². The van der Waals surface area contributed by atoms with Crippen molar-refractivity contribution in [2.45, 2.75) is 4.90 Å². The molecule has 0 unspecified atom stereocenters. The molecular weight excluding hydrogens is 309 g/mol. The number of pyridine rings is 1. The minimum absolute atomic E-state index is 0.0814. The number of rotatable bonds is 5. The zero-order valence-corrected chi connectivity index (χ0v) is 12.5. The molecule has 1 N–H and O–H groups in total. The Morgan fingerprint density at radius 3 is 2.50 bits per heavy atom. The van der Waals surface area contributed by atoms with E-state index in [4.69, 9.17) is 0 Å². The van der Waals surface area contributed by atoms with Gasteiger partial charge in [-0.2, -0.15) is 4.31 Å². The first-order valence-corrected chi connectivity index (χ1v) is 7.76. The molecule has 1 aromatic carbocycles. The van der Waals surface area contributed by atoms with E-state index in [-0.39, 0.29) is 11.4 Å². The monoisotopic (exact) mass is 323 g/mol. The summed E-state index contributed by atoms with van der Waals surface area (Å²) in [5.41, 5.74) is 0. The van der Waals surface area contributed by atoms with E-state index < -0.39 is 21.7 Å². The number of nitrogens with one attached hydrogen (secondary N) is 1. The summed E-state index contributed by atoms with van der Waals surface area (Å²) in [4.78, 5) is 15.7. The first-order chi connectivity index (χ1) is 10.4. The molecule has 22 heavy (non-hydrogen) atoms. The van der Waals surface area contributed by atoms with E-state index >= 15 is 0 Å². The molecule has 1 aromatic heterocycles. The fraction of sp³-hybridized carbons (Fsp3) is 0.143. The van der Waals surface area contributed by atoms with Gasteiger partial charge in [0, 0.05) is 13.2 Å². The summed E-state index contributed by atoms with van der Waals surface area (Å²) in [6, 6.07) is 9.38. The number of likely N-dealkylation sites (N-methyl/N-ethyl adjacent to an activating group) is 1. The Kier molecular flexibility index (Phi) is 4.84. The second kappa shape index (κ2) is 6.63. The molecule has 6 nitrogen and oxygen atoms in total. The normalized spacial score (nSPS) is 11.4. The van der Waals surface area contributed by atoms with Crippen molar-refractivity contribution in [2.75, 3.05) is 18.9 Å². The number of aromatic nitrogens is 1. The SMILES string of the molecule is CN(CC(=O)Nc1ccccn1)S(=O)(=O)c1ccc(F)cc1. The van der Waals surface area contributed by atoms with Crippen LogP contribution < -0.4 is 5.32 Å². The number of benzene rings is 1. The van der Waals surface area contributed by atoms with Gasteiger partial charge in [0.05, 0.1) is 11.4 Å².